The highest BCUT2D eigenvalue weighted by atomic mass is 32.2. The van der Waals surface area contributed by atoms with Crippen molar-refractivity contribution in [1.82, 2.24) is 0 Å². The van der Waals surface area contributed by atoms with E-state index in [1.165, 1.54) is 62.9 Å². The summed E-state index contributed by atoms with van der Waals surface area (Å²) in [5, 5.41) is 10.6. The van der Waals surface area contributed by atoms with Gasteiger partial charge in [-0.05, 0) is 92.3 Å². The van der Waals surface area contributed by atoms with Crippen molar-refractivity contribution >= 4 is 23.5 Å². The van der Waals surface area contributed by atoms with Gasteiger partial charge in [0.1, 0.15) is 0 Å². The van der Waals surface area contributed by atoms with Gasteiger partial charge >= 0.3 is 0 Å². The van der Waals surface area contributed by atoms with E-state index in [2.05, 4.69) is 37.4 Å². The van der Waals surface area contributed by atoms with Gasteiger partial charge < -0.3 is 5.11 Å². The first kappa shape index (κ1) is 16.8. The number of thioether (sulfide) groups is 2. The summed E-state index contributed by atoms with van der Waals surface area (Å²) in [6.45, 7) is 5.10. The third-order valence-corrected chi connectivity index (χ3v) is 13.0. The van der Waals surface area contributed by atoms with Gasteiger partial charge in [0, 0.05) is 11.5 Å². The van der Waals surface area contributed by atoms with Crippen LogP contribution in [0.25, 0.3) is 0 Å². The van der Waals surface area contributed by atoms with Gasteiger partial charge in [0.25, 0.3) is 0 Å². The van der Waals surface area contributed by atoms with Crippen LogP contribution in [0, 0.1) is 34.5 Å². The third-order valence-electron chi connectivity index (χ3n) is 9.43. The molecule has 0 amide bonds. The van der Waals surface area contributed by atoms with Crippen LogP contribution in [0.1, 0.15) is 71.6 Å². The van der Waals surface area contributed by atoms with Crippen molar-refractivity contribution in [2.24, 2.45) is 34.5 Å². The topological polar surface area (TPSA) is 20.2 Å². The maximum Gasteiger partial charge on any atom is 0.0614 e. The molecule has 1 spiro atoms. The zero-order valence-corrected chi connectivity index (χ0v) is 17.1. The first-order valence-corrected chi connectivity index (χ1v) is 12.4. The molecule has 5 aliphatic rings. The number of rotatable bonds is 0. The average molecular weight is 367 g/mol. The Balaban J connectivity index is 1.41. The van der Waals surface area contributed by atoms with Crippen LogP contribution in [0.15, 0.2) is 0 Å². The monoisotopic (exact) mass is 366 g/mol. The molecule has 1 heterocycles. The van der Waals surface area contributed by atoms with Crippen LogP contribution < -0.4 is 0 Å². The fourth-order valence-corrected chi connectivity index (χ4v) is 11.3. The van der Waals surface area contributed by atoms with Gasteiger partial charge in [-0.2, -0.15) is 0 Å². The summed E-state index contributed by atoms with van der Waals surface area (Å²) in [5.74, 6) is 6.43. The molecule has 0 aromatic heterocycles. The second-order valence-corrected chi connectivity index (χ2v) is 13.3. The smallest absolute Gasteiger partial charge is 0.0614 e. The number of hydrogen-bond donors (Lipinski definition) is 1. The van der Waals surface area contributed by atoms with Crippen molar-refractivity contribution in [3.05, 3.63) is 0 Å². The van der Waals surface area contributed by atoms with Crippen molar-refractivity contribution in [1.29, 1.82) is 0 Å². The minimum absolute atomic E-state index is 0.0186. The summed E-state index contributed by atoms with van der Waals surface area (Å²) in [7, 11) is 0. The molecule has 3 heteroatoms. The van der Waals surface area contributed by atoms with Gasteiger partial charge in [-0.25, -0.2) is 0 Å². The Kier molecular flexibility index (Phi) is 3.91. The minimum Gasteiger partial charge on any atom is -0.393 e. The van der Waals surface area contributed by atoms with Crippen molar-refractivity contribution in [2.75, 3.05) is 11.5 Å². The highest BCUT2D eigenvalue weighted by Gasteiger charge is 2.61. The van der Waals surface area contributed by atoms with Crippen molar-refractivity contribution in [3.63, 3.8) is 0 Å². The lowest BCUT2D eigenvalue weighted by atomic mass is 9.45. The van der Waals surface area contributed by atoms with Gasteiger partial charge in [0.2, 0.25) is 0 Å². The fourth-order valence-electron chi connectivity index (χ4n) is 7.93. The molecule has 0 unspecified atom stereocenters. The van der Waals surface area contributed by atoms with Gasteiger partial charge in [-0.1, -0.05) is 13.8 Å². The predicted molar refractivity (Wildman–Crippen MR) is 105 cm³/mol. The van der Waals surface area contributed by atoms with Crippen LogP contribution in [-0.2, 0) is 0 Å². The molecular weight excluding hydrogens is 332 g/mol. The molecule has 0 aromatic rings. The maximum absolute atomic E-state index is 10.6. The SMILES string of the molecule is C[C@]12CCC3(C[C@H]1CC[C@@H]1[C@@H]2CC[C@]2(C)[C@H](O)CC[C@@H]12)SCCS3. The average Bonchev–Trinajstić information content (AvgIpc) is 3.14. The largest absolute Gasteiger partial charge is 0.393 e. The summed E-state index contributed by atoms with van der Waals surface area (Å²) in [6.07, 6.45) is 12.4. The number of fused-ring (bicyclic) bond motifs is 5. The van der Waals surface area contributed by atoms with Gasteiger partial charge in [0.05, 0.1) is 10.2 Å². The molecule has 1 nitrogen and oxygen atoms in total. The van der Waals surface area contributed by atoms with Crippen molar-refractivity contribution in [2.45, 2.75) is 81.8 Å². The summed E-state index contributed by atoms with van der Waals surface area (Å²) in [4.78, 5) is 0. The van der Waals surface area contributed by atoms with E-state index in [0.717, 1.165) is 30.1 Å². The first-order valence-electron chi connectivity index (χ1n) is 10.4. The lowest BCUT2D eigenvalue weighted by Crippen LogP contribution is -2.55. The van der Waals surface area contributed by atoms with Crippen LogP contribution in [0.5, 0.6) is 0 Å². The molecule has 0 radical (unpaired) electrons. The highest BCUT2D eigenvalue weighted by Crippen LogP contribution is 2.69. The standard InChI is InChI=1S/C21H34OS2/c1-19-9-10-21(23-11-12-24-21)13-14(19)3-4-15-16-5-6-18(22)20(16,2)8-7-17(15)19/h14-18,22H,3-13H2,1-2H3/t14-,15+,16+,17+,18-,19+,20+/m1/s1. The summed E-state index contributed by atoms with van der Waals surface area (Å²) < 4.78 is 0.601. The predicted octanol–water partition coefficient (Wildman–Crippen LogP) is 5.57. The van der Waals surface area contributed by atoms with Gasteiger partial charge in [-0.3, -0.25) is 0 Å². The lowest BCUT2D eigenvalue weighted by Gasteiger charge is -2.62. The number of aliphatic hydroxyl groups excluding tert-OH is 1. The Labute approximate surface area is 156 Å². The zero-order valence-electron chi connectivity index (χ0n) is 15.4. The van der Waals surface area contributed by atoms with Crippen molar-refractivity contribution in [3.8, 4) is 0 Å². The molecule has 4 saturated carbocycles. The summed E-state index contributed by atoms with van der Waals surface area (Å²) in [5.41, 5.74) is 0.851. The Morgan fingerprint density at radius 1 is 0.792 bits per heavy atom. The Bertz CT molecular complexity index is 516. The molecule has 4 aliphatic carbocycles. The molecule has 1 N–H and O–H groups in total. The summed E-state index contributed by atoms with van der Waals surface area (Å²) in [6, 6.07) is 0. The zero-order chi connectivity index (χ0) is 16.6. The van der Waals surface area contributed by atoms with E-state index >= 15 is 0 Å². The van der Waals surface area contributed by atoms with E-state index in [1.54, 1.807) is 0 Å². The van der Waals surface area contributed by atoms with Crippen LogP contribution in [0.4, 0.5) is 0 Å². The van der Waals surface area contributed by atoms with E-state index in [1.807, 2.05) is 0 Å². The van der Waals surface area contributed by atoms with E-state index in [4.69, 9.17) is 0 Å². The Hall–Kier alpha value is 0.660. The molecule has 24 heavy (non-hydrogen) atoms. The highest BCUT2D eigenvalue weighted by molar-refractivity contribution is 8.21. The van der Waals surface area contributed by atoms with Crippen molar-refractivity contribution < 1.29 is 5.11 Å². The van der Waals surface area contributed by atoms with Crippen LogP contribution in [0.3, 0.4) is 0 Å². The van der Waals surface area contributed by atoms with E-state index in [0.29, 0.717) is 9.49 Å². The van der Waals surface area contributed by atoms with Crippen LogP contribution in [-0.4, -0.2) is 26.8 Å². The molecule has 5 fully saturated rings. The van der Waals surface area contributed by atoms with E-state index in [-0.39, 0.29) is 11.5 Å². The number of hydrogen-bond acceptors (Lipinski definition) is 3. The Morgan fingerprint density at radius 3 is 2.33 bits per heavy atom. The minimum atomic E-state index is -0.0186. The second-order valence-electron chi connectivity index (χ2n) is 10.1. The van der Waals surface area contributed by atoms with Gasteiger partial charge in [-0.15, -0.1) is 23.5 Å². The molecule has 136 valence electrons. The van der Waals surface area contributed by atoms with Crippen LogP contribution >= 0.6 is 23.5 Å². The normalized spacial score (nSPS) is 55.9. The Morgan fingerprint density at radius 2 is 1.54 bits per heavy atom. The summed E-state index contributed by atoms with van der Waals surface area (Å²) >= 11 is 4.59. The molecule has 0 bridgehead atoms. The van der Waals surface area contributed by atoms with Gasteiger partial charge in [0.15, 0.2) is 0 Å². The first-order chi connectivity index (χ1) is 11.5. The number of aliphatic hydroxyl groups is 1. The maximum atomic E-state index is 10.6. The quantitative estimate of drug-likeness (QED) is 0.605. The molecule has 1 aliphatic heterocycles. The van der Waals surface area contributed by atoms with Crippen LogP contribution in [0.2, 0.25) is 0 Å². The second kappa shape index (κ2) is 5.58. The lowest BCUT2D eigenvalue weighted by molar-refractivity contribution is -0.121. The van der Waals surface area contributed by atoms with E-state index < -0.39 is 0 Å². The fraction of sp³-hybridized carbons (Fsp3) is 1.00. The molecule has 0 aromatic carbocycles. The molecule has 5 rings (SSSR count). The molecule has 1 saturated heterocycles. The third kappa shape index (κ3) is 2.19. The molecule has 7 atom stereocenters. The van der Waals surface area contributed by atoms with E-state index in [9.17, 15) is 5.11 Å². The molecular formula is C21H34OS2.